The Labute approximate surface area is 109 Å². The second kappa shape index (κ2) is 4.81. The topological polar surface area (TPSA) is 0 Å². The maximum absolute atomic E-state index is 2.44. The SMILES string of the molecule is CCC1C=C2C=CC=CC(c3ccccc3)C2=C1. The zero-order valence-electron chi connectivity index (χ0n) is 10.7. The van der Waals surface area contributed by atoms with Crippen LogP contribution in [0.5, 0.6) is 0 Å². The Hall–Kier alpha value is -1.82. The molecule has 2 aliphatic rings. The van der Waals surface area contributed by atoms with Gasteiger partial charge >= 0.3 is 0 Å². The van der Waals surface area contributed by atoms with Crippen molar-refractivity contribution in [3.63, 3.8) is 0 Å². The predicted molar refractivity (Wildman–Crippen MR) is 77.4 cm³/mol. The van der Waals surface area contributed by atoms with Gasteiger partial charge in [-0.2, -0.15) is 0 Å². The quantitative estimate of drug-likeness (QED) is 0.690. The average Bonchev–Trinajstić information content (AvgIpc) is 2.73. The lowest BCUT2D eigenvalue weighted by Gasteiger charge is -2.15. The van der Waals surface area contributed by atoms with Crippen LogP contribution < -0.4 is 0 Å². The zero-order chi connectivity index (χ0) is 12.4. The molecule has 0 aliphatic heterocycles. The Morgan fingerprint density at radius 3 is 2.61 bits per heavy atom. The minimum atomic E-state index is 0.406. The van der Waals surface area contributed by atoms with Crippen molar-refractivity contribution in [3.05, 3.63) is 83.5 Å². The van der Waals surface area contributed by atoms with E-state index in [9.17, 15) is 0 Å². The van der Waals surface area contributed by atoms with E-state index in [1.54, 1.807) is 0 Å². The van der Waals surface area contributed by atoms with Gasteiger partial charge < -0.3 is 0 Å². The molecule has 0 fully saturated rings. The molecule has 1 aromatic carbocycles. The molecule has 0 N–H and O–H groups in total. The molecule has 2 atom stereocenters. The number of hydrogen-bond acceptors (Lipinski definition) is 0. The lowest BCUT2D eigenvalue weighted by molar-refractivity contribution is 0.779. The Bertz CT molecular complexity index is 541. The first-order chi connectivity index (χ1) is 8.88. The summed E-state index contributed by atoms with van der Waals surface area (Å²) >= 11 is 0. The first-order valence-corrected chi connectivity index (χ1v) is 6.72. The van der Waals surface area contributed by atoms with Gasteiger partial charge in [0.1, 0.15) is 0 Å². The first kappa shape index (κ1) is 11.3. The molecule has 0 aromatic heterocycles. The van der Waals surface area contributed by atoms with Crippen molar-refractivity contribution >= 4 is 0 Å². The normalized spacial score (nSPS) is 25.4. The molecule has 0 saturated heterocycles. The third-order valence-electron chi connectivity index (χ3n) is 3.78. The summed E-state index contributed by atoms with van der Waals surface area (Å²) < 4.78 is 0. The van der Waals surface area contributed by atoms with Crippen LogP contribution in [0, 0.1) is 5.92 Å². The molecule has 0 radical (unpaired) electrons. The third-order valence-corrected chi connectivity index (χ3v) is 3.78. The van der Waals surface area contributed by atoms with Gasteiger partial charge in [-0.3, -0.25) is 0 Å². The molecule has 2 unspecified atom stereocenters. The van der Waals surface area contributed by atoms with Gasteiger partial charge in [0.05, 0.1) is 0 Å². The second-order valence-electron chi connectivity index (χ2n) is 4.95. The lowest BCUT2D eigenvalue weighted by Crippen LogP contribution is -1.99. The average molecular weight is 234 g/mol. The summed E-state index contributed by atoms with van der Waals surface area (Å²) in [4.78, 5) is 0. The molecule has 1 aromatic rings. The van der Waals surface area contributed by atoms with Crippen LogP contribution in [0.3, 0.4) is 0 Å². The largest absolute Gasteiger partial charge is 0.0729 e. The fourth-order valence-corrected chi connectivity index (χ4v) is 2.76. The minimum Gasteiger partial charge on any atom is -0.0729 e. The van der Waals surface area contributed by atoms with Gasteiger partial charge in [-0.15, -0.1) is 0 Å². The van der Waals surface area contributed by atoms with Crippen molar-refractivity contribution in [1.29, 1.82) is 0 Å². The standard InChI is InChI=1S/C18H18/c1-2-14-12-16-10-6-7-11-17(18(16)13-14)15-8-4-3-5-9-15/h3-14,17H,2H2,1H3. The highest BCUT2D eigenvalue weighted by atomic mass is 14.3. The van der Waals surface area contributed by atoms with E-state index >= 15 is 0 Å². The van der Waals surface area contributed by atoms with Crippen molar-refractivity contribution in [1.82, 2.24) is 0 Å². The van der Waals surface area contributed by atoms with E-state index in [2.05, 4.69) is 73.7 Å². The molecule has 3 rings (SSSR count). The highest BCUT2D eigenvalue weighted by Crippen LogP contribution is 2.39. The molecule has 18 heavy (non-hydrogen) atoms. The van der Waals surface area contributed by atoms with Crippen LogP contribution >= 0.6 is 0 Å². The minimum absolute atomic E-state index is 0.406. The molecule has 0 bridgehead atoms. The molecule has 2 aliphatic carbocycles. The van der Waals surface area contributed by atoms with Gasteiger partial charge in [-0.25, -0.2) is 0 Å². The fourth-order valence-electron chi connectivity index (χ4n) is 2.76. The Balaban J connectivity index is 2.03. The van der Waals surface area contributed by atoms with Crippen LogP contribution in [0.25, 0.3) is 0 Å². The molecular weight excluding hydrogens is 216 g/mol. The number of benzene rings is 1. The predicted octanol–water partition coefficient (Wildman–Crippen LogP) is 4.79. The molecule has 0 saturated carbocycles. The van der Waals surface area contributed by atoms with Crippen LogP contribution in [0.2, 0.25) is 0 Å². The van der Waals surface area contributed by atoms with E-state index in [0.29, 0.717) is 11.8 Å². The summed E-state index contributed by atoms with van der Waals surface area (Å²) in [5.74, 6) is 1.02. The number of hydrogen-bond donors (Lipinski definition) is 0. The maximum Gasteiger partial charge on any atom is 0.0275 e. The van der Waals surface area contributed by atoms with E-state index in [-0.39, 0.29) is 0 Å². The number of allylic oxidation sites excluding steroid dienone is 8. The van der Waals surface area contributed by atoms with Crippen molar-refractivity contribution in [2.45, 2.75) is 19.3 Å². The summed E-state index contributed by atoms with van der Waals surface area (Å²) in [6.45, 7) is 2.25. The van der Waals surface area contributed by atoms with E-state index in [4.69, 9.17) is 0 Å². The molecular formula is C18H18. The maximum atomic E-state index is 2.44. The summed E-state index contributed by atoms with van der Waals surface area (Å²) in [5, 5.41) is 0. The lowest BCUT2D eigenvalue weighted by atomic mass is 9.88. The zero-order valence-corrected chi connectivity index (χ0v) is 10.7. The number of rotatable bonds is 2. The second-order valence-corrected chi connectivity index (χ2v) is 4.95. The molecule has 0 nitrogen and oxygen atoms in total. The van der Waals surface area contributed by atoms with Crippen molar-refractivity contribution < 1.29 is 0 Å². The monoisotopic (exact) mass is 234 g/mol. The van der Waals surface area contributed by atoms with Crippen molar-refractivity contribution in [2.75, 3.05) is 0 Å². The van der Waals surface area contributed by atoms with Crippen LogP contribution in [0.15, 0.2) is 77.9 Å². The molecule has 0 heterocycles. The fraction of sp³-hybridized carbons (Fsp3) is 0.222. The Morgan fingerprint density at radius 2 is 1.83 bits per heavy atom. The van der Waals surface area contributed by atoms with Gasteiger partial charge in [0, 0.05) is 5.92 Å². The summed E-state index contributed by atoms with van der Waals surface area (Å²) in [6.07, 6.45) is 14.9. The van der Waals surface area contributed by atoms with Crippen molar-refractivity contribution in [3.8, 4) is 0 Å². The first-order valence-electron chi connectivity index (χ1n) is 6.72. The molecule has 0 amide bonds. The molecule has 0 heteroatoms. The van der Waals surface area contributed by atoms with Gasteiger partial charge in [0.2, 0.25) is 0 Å². The summed E-state index contributed by atoms with van der Waals surface area (Å²) in [7, 11) is 0. The summed E-state index contributed by atoms with van der Waals surface area (Å²) in [6, 6.07) is 10.8. The van der Waals surface area contributed by atoms with Crippen LogP contribution in [-0.2, 0) is 0 Å². The highest BCUT2D eigenvalue weighted by Gasteiger charge is 2.22. The van der Waals surface area contributed by atoms with Crippen LogP contribution in [-0.4, -0.2) is 0 Å². The number of fused-ring (bicyclic) bond motifs is 1. The highest BCUT2D eigenvalue weighted by molar-refractivity contribution is 5.55. The Morgan fingerprint density at radius 1 is 1.00 bits per heavy atom. The van der Waals surface area contributed by atoms with Gasteiger partial charge in [0.15, 0.2) is 0 Å². The molecule has 90 valence electrons. The Kier molecular flexibility index (Phi) is 3.02. The third kappa shape index (κ3) is 1.99. The van der Waals surface area contributed by atoms with Crippen LogP contribution in [0.4, 0.5) is 0 Å². The smallest absolute Gasteiger partial charge is 0.0275 e. The van der Waals surface area contributed by atoms with Gasteiger partial charge in [0.25, 0.3) is 0 Å². The van der Waals surface area contributed by atoms with Gasteiger partial charge in [-0.05, 0) is 29.0 Å². The van der Waals surface area contributed by atoms with Gasteiger partial charge in [-0.1, -0.05) is 73.7 Å². The van der Waals surface area contributed by atoms with Crippen LogP contribution in [0.1, 0.15) is 24.8 Å². The van der Waals surface area contributed by atoms with E-state index in [0.717, 1.165) is 0 Å². The molecule has 0 spiro atoms. The van der Waals surface area contributed by atoms with Crippen molar-refractivity contribution in [2.24, 2.45) is 5.92 Å². The van der Waals surface area contributed by atoms with E-state index in [1.165, 1.54) is 23.1 Å². The van der Waals surface area contributed by atoms with E-state index in [1.807, 2.05) is 0 Å². The van der Waals surface area contributed by atoms with E-state index < -0.39 is 0 Å². The summed E-state index contributed by atoms with van der Waals surface area (Å²) in [5.41, 5.74) is 4.25.